The number of thioether (sulfide) groups is 2. The Bertz CT molecular complexity index is 110. The van der Waals surface area contributed by atoms with Crippen LogP contribution in [0.5, 0.6) is 0 Å². The summed E-state index contributed by atoms with van der Waals surface area (Å²) in [4.78, 5) is 0. The molecule has 58 valence electrons. The summed E-state index contributed by atoms with van der Waals surface area (Å²) < 4.78 is 1.17. The first kappa shape index (κ1) is 8.34. The van der Waals surface area contributed by atoms with E-state index < -0.39 is 0 Å². The van der Waals surface area contributed by atoms with Crippen LogP contribution in [0.25, 0.3) is 0 Å². The van der Waals surface area contributed by atoms with Crippen LogP contribution in [0.1, 0.15) is 0 Å². The molecular formula is C6H10S2Se2. The molecule has 0 bridgehead atoms. The third-order valence-electron chi connectivity index (χ3n) is 1.41. The molecule has 0 saturated carbocycles. The maximum atomic E-state index is 2.29. The molecule has 0 aromatic rings. The average Bonchev–Trinajstić information content (AvgIpc) is 2.63. The van der Waals surface area contributed by atoms with Crippen molar-refractivity contribution >= 4 is 53.4 Å². The zero-order valence-corrected chi connectivity index (χ0v) is 10.7. The summed E-state index contributed by atoms with van der Waals surface area (Å²) in [6.07, 6.45) is 0. The summed E-state index contributed by atoms with van der Waals surface area (Å²) in [5.74, 6) is 2.93. The predicted molar refractivity (Wildman–Crippen MR) is 53.6 cm³/mol. The fraction of sp³-hybridized carbons (Fsp3) is 1.00. The van der Waals surface area contributed by atoms with Gasteiger partial charge in [0.15, 0.2) is 0 Å². The van der Waals surface area contributed by atoms with E-state index in [-0.39, 0.29) is 0 Å². The minimum atomic E-state index is 1.03. The van der Waals surface area contributed by atoms with Crippen LogP contribution in [-0.2, 0) is 0 Å². The summed E-state index contributed by atoms with van der Waals surface area (Å²) in [6.45, 7) is 0. The van der Waals surface area contributed by atoms with Gasteiger partial charge in [-0.25, -0.2) is 0 Å². The fourth-order valence-corrected chi connectivity index (χ4v) is 12.3. The zero-order chi connectivity index (χ0) is 6.81. The molecule has 2 heterocycles. The summed E-state index contributed by atoms with van der Waals surface area (Å²) in [6, 6.07) is 0. The molecule has 1 atom stereocenters. The first-order chi connectivity index (χ1) is 4.95. The molecule has 0 nitrogen and oxygen atoms in total. The summed E-state index contributed by atoms with van der Waals surface area (Å²) in [5.41, 5.74) is 0. The van der Waals surface area contributed by atoms with Gasteiger partial charge in [0, 0.05) is 0 Å². The first-order valence-corrected chi connectivity index (χ1v) is 9.91. The van der Waals surface area contributed by atoms with Crippen molar-refractivity contribution in [3.05, 3.63) is 0 Å². The molecule has 2 aliphatic rings. The van der Waals surface area contributed by atoms with E-state index in [2.05, 4.69) is 23.5 Å². The number of hydrogen-bond donors (Lipinski definition) is 0. The third-order valence-corrected chi connectivity index (χ3v) is 13.9. The van der Waals surface area contributed by atoms with E-state index in [0.29, 0.717) is 0 Å². The van der Waals surface area contributed by atoms with Gasteiger partial charge in [-0.3, -0.25) is 0 Å². The van der Waals surface area contributed by atoms with Gasteiger partial charge in [0.25, 0.3) is 0 Å². The molecule has 1 unspecified atom stereocenters. The second-order valence-electron chi connectivity index (χ2n) is 2.32. The monoisotopic (exact) mass is 306 g/mol. The first-order valence-electron chi connectivity index (χ1n) is 3.41. The van der Waals surface area contributed by atoms with Gasteiger partial charge in [-0.1, -0.05) is 0 Å². The second kappa shape index (κ2) is 4.11. The van der Waals surface area contributed by atoms with Gasteiger partial charge >= 0.3 is 83.9 Å². The SMILES string of the molecule is C1C[Se]C(SCC2CS2)[Se]1. The molecule has 0 aliphatic carbocycles. The van der Waals surface area contributed by atoms with E-state index in [4.69, 9.17) is 0 Å². The second-order valence-corrected chi connectivity index (χ2v) is 12.7. The van der Waals surface area contributed by atoms with E-state index >= 15 is 0 Å². The van der Waals surface area contributed by atoms with Crippen LogP contribution in [0.4, 0.5) is 0 Å². The third kappa shape index (κ3) is 2.65. The minimum absolute atomic E-state index is 1.03. The Balaban J connectivity index is 1.59. The van der Waals surface area contributed by atoms with Gasteiger partial charge in [-0.2, -0.15) is 0 Å². The standard InChI is InChI=1S/C6H10S2Se2/c1-2-10-6(9-1)8-4-5-3-7-5/h5-6H,1-4H2. The topological polar surface area (TPSA) is 0 Å². The van der Waals surface area contributed by atoms with Gasteiger partial charge in [0.2, 0.25) is 0 Å². The van der Waals surface area contributed by atoms with Crippen molar-refractivity contribution in [3.8, 4) is 0 Å². The quantitative estimate of drug-likeness (QED) is 0.571. The summed E-state index contributed by atoms with van der Waals surface area (Å²) >= 11 is 6.50. The van der Waals surface area contributed by atoms with Crippen molar-refractivity contribution in [1.82, 2.24) is 0 Å². The van der Waals surface area contributed by atoms with E-state index in [9.17, 15) is 0 Å². The van der Waals surface area contributed by atoms with Crippen LogP contribution in [0, 0.1) is 0 Å². The molecule has 0 amide bonds. The normalized spacial score (nSPS) is 33.0. The molecule has 4 heteroatoms. The molecule has 2 fully saturated rings. The molecule has 0 aromatic heterocycles. The average molecular weight is 304 g/mol. The van der Waals surface area contributed by atoms with Gasteiger partial charge in [-0.05, 0) is 0 Å². The van der Waals surface area contributed by atoms with Crippen LogP contribution in [0.3, 0.4) is 0 Å². The number of hydrogen-bond acceptors (Lipinski definition) is 2. The Kier molecular flexibility index (Phi) is 3.43. The zero-order valence-electron chi connectivity index (χ0n) is 5.62. The molecule has 0 radical (unpaired) electrons. The van der Waals surface area contributed by atoms with E-state index in [1.54, 1.807) is 10.6 Å². The Morgan fingerprint density at radius 3 is 2.70 bits per heavy atom. The van der Waals surface area contributed by atoms with Gasteiger partial charge in [0.1, 0.15) is 0 Å². The van der Waals surface area contributed by atoms with Crippen molar-refractivity contribution in [2.75, 3.05) is 11.5 Å². The molecule has 0 spiro atoms. The molecule has 0 aromatic carbocycles. The van der Waals surface area contributed by atoms with Gasteiger partial charge in [-0.15, -0.1) is 0 Å². The Morgan fingerprint density at radius 2 is 2.10 bits per heavy atom. The van der Waals surface area contributed by atoms with Crippen molar-refractivity contribution in [2.24, 2.45) is 0 Å². The van der Waals surface area contributed by atoms with E-state index in [0.717, 1.165) is 35.2 Å². The molecular weight excluding hydrogens is 294 g/mol. The van der Waals surface area contributed by atoms with E-state index in [1.165, 1.54) is 14.6 Å². The van der Waals surface area contributed by atoms with Crippen LogP contribution >= 0.6 is 23.5 Å². The molecule has 2 saturated heterocycles. The van der Waals surface area contributed by atoms with Crippen LogP contribution in [0.15, 0.2) is 0 Å². The maximum absolute atomic E-state index is 2.29. The van der Waals surface area contributed by atoms with E-state index in [1.807, 2.05) is 0 Å². The molecule has 2 rings (SSSR count). The molecule has 2 aliphatic heterocycles. The Hall–Kier alpha value is 1.74. The van der Waals surface area contributed by atoms with Crippen LogP contribution in [-0.4, -0.2) is 49.7 Å². The van der Waals surface area contributed by atoms with Crippen LogP contribution < -0.4 is 0 Å². The summed E-state index contributed by atoms with van der Waals surface area (Å²) in [7, 11) is 0. The molecule has 10 heavy (non-hydrogen) atoms. The van der Waals surface area contributed by atoms with Crippen LogP contribution in [0.2, 0.25) is 10.6 Å². The fourth-order valence-electron chi connectivity index (χ4n) is 0.783. The Labute approximate surface area is 83.4 Å². The molecule has 0 N–H and O–H groups in total. The van der Waals surface area contributed by atoms with Gasteiger partial charge in [0.05, 0.1) is 0 Å². The van der Waals surface area contributed by atoms with Crippen molar-refractivity contribution in [1.29, 1.82) is 0 Å². The van der Waals surface area contributed by atoms with Crippen molar-refractivity contribution < 1.29 is 0 Å². The number of rotatable bonds is 3. The van der Waals surface area contributed by atoms with Gasteiger partial charge < -0.3 is 0 Å². The Morgan fingerprint density at radius 1 is 1.40 bits per heavy atom. The summed E-state index contributed by atoms with van der Waals surface area (Å²) in [5, 5.41) is 4.24. The van der Waals surface area contributed by atoms with Crippen molar-refractivity contribution in [2.45, 2.75) is 18.9 Å². The predicted octanol–water partition coefficient (Wildman–Crippen LogP) is 1.38. The van der Waals surface area contributed by atoms with Crippen molar-refractivity contribution in [3.63, 3.8) is 0 Å².